The van der Waals surface area contributed by atoms with E-state index in [9.17, 15) is 9.59 Å². The topological polar surface area (TPSA) is 68.4 Å². The maximum Gasteiger partial charge on any atom is 0.338 e. The summed E-state index contributed by atoms with van der Waals surface area (Å²) in [4.78, 5) is 28.5. The van der Waals surface area contributed by atoms with Crippen molar-refractivity contribution in [3.63, 3.8) is 0 Å². The molecule has 0 aliphatic rings. The van der Waals surface area contributed by atoms with Crippen LogP contribution in [0.5, 0.6) is 0 Å². The highest BCUT2D eigenvalue weighted by Crippen LogP contribution is 2.24. The van der Waals surface area contributed by atoms with Crippen molar-refractivity contribution in [2.45, 2.75) is 26.6 Å². The summed E-state index contributed by atoms with van der Waals surface area (Å²) in [6.45, 7) is 3.85. The number of rotatable bonds is 6. The molecule has 0 spiro atoms. The highest BCUT2D eigenvalue weighted by molar-refractivity contribution is 6.11. The van der Waals surface area contributed by atoms with E-state index in [1.54, 1.807) is 32.2 Å². The SMILES string of the molecule is COCc1cccc(C(=O)O[C@@H](C)C(=O)c2c(C)[nH]c3ccccc23)c1. The summed E-state index contributed by atoms with van der Waals surface area (Å²) < 4.78 is 10.5. The standard InChI is InChI=1S/C21H21NO4/c1-13-19(17-9-4-5-10-18(17)22-13)20(23)14(2)26-21(24)16-8-6-7-15(11-16)12-25-3/h4-11,14,22H,12H2,1-3H3/t14-/m0/s1. The molecule has 0 unspecified atom stereocenters. The van der Waals surface area contributed by atoms with Gasteiger partial charge >= 0.3 is 5.97 Å². The van der Waals surface area contributed by atoms with E-state index in [4.69, 9.17) is 9.47 Å². The van der Waals surface area contributed by atoms with Gasteiger partial charge in [-0.05, 0) is 37.6 Å². The van der Waals surface area contributed by atoms with Gasteiger partial charge in [0.1, 0.15) is 0 Å². The van der Waals surface area contributed by atoms with Crippen LogP contribution in [-0.2, 0) is 16.1 Å². The fourth-order valence-electron chi connectivity index (χ4n) is 3.03. The van der Waals surface area contributed by atoms with Crippen LogP contribution in [0.3, 0.4) is 0 Å². The lowest BCUT2D eigenvalue weighted by molar-refractivity contribution is 0.0319. The van der Waals surface area contributed by atoms with Gasteiger partial charge in [0.2, 0.25) is 5.78 Å². The van der Waals surface area contributed by atoms with E-state index < -0.39 is 12.1 Å². The Bertz CT molecular complexity index is 958. The van der Waals surface area contributed by atoms with E-state index in [1.807, 2.05) is 37.3 Å². The van der Waals surface area contributed by atoms with Crippen LogP contribution in [-0.4, -0.2) is 30.0 Å². The van der Waals surface area contributed by atoms with Crippen molar-refractivity contribution in [3.8, 4) is 0 Å². The Labute approximate surface area is 151 Å². The van der Waals surface area contributed by atoms with Crippen LogP contribution in [0.2, 0.25) is 0 Å². The van der Waals surface area contributed by atoms with Gasteiger partial charge in [0, 0.05) is 29.3 Å². The quantitative estimate of drug-likeness (QED) is 0.537. The van der Waals surface area contributed by atoms with Gasteiger partial charge in [-0.2, -0.15) is 0 Å². The number of ketones is 1. The Kier molecular flexibility index (Phi) is 5.19. The van der Waals surface area contributed by atoms with Crippen LogP contribution in [0.15, 0.2) is 48.5 Å². The molecule has 26 heavy (non-hydrogen) atoms. The van der Waals surface area contributed by atoms with Crippen LogP contribution in [0.1, 0.15) is 38.9 Å². The largest absolute Gasteiger partial charge is 0.451 e. The molecule has 1 aromatic heterocycles. The van der Waals surface area contributed by atoms with Crippen molar-refractivity contribution < 1.29 is 19.1 Å². The number of fused-ring (bicyclic) bond motifs is 1. The first-order valence-electron chi connectivity index (χ1n) is 8.41. The van der Waals surface area contributed by atoms with Crippen LogP contribution < -0.4 is 0 Å². The molecule has 0 radical (unpaired) electrons. The molecule has 3 aromatic rings. The summed E-state index contributed by atoms with van der Waals surface area (Å²) in [5, 5.41) is 0.833. The van der Waals surface area contributed by atoms with E-state index in [2.05, 4.69) is 4.98 Å². The minimum Gasteiger partial charge on any atom is -0.451 e. The molecule has 1 N–H and O–H groups in total. The molecule has 0 aliphatic heterocycles. The van der Waals surface area contributed by atoms with E-state index >= 15 is 0 Å². The molecule has 0 fully saturated rings. The van der Waals surface area contributed by atoms with Gasteiger partial charge in [0.25, 0.3) is 0 Å². The summed E-state index contributed by atoms with van der Waals surface area (Å²) in [6, 6.07) is 14.6. The second kappa shape index (κ2) is 7.54. The smallest absolute Gasteiger partial charge is 0.338 e. The number of aromatic nitrogens is 1. The fraction of sp³-hybridized carbons (Fsp3) is 0.238. The second-order valence-corrected chi connectivity index (χ2v) is 6.22. The number of benzene rings is 2. The molecule has 0 aliphatic carbocycles. The maximum absolute atomic E-state index is 12.9. The Morgan fingerprint density at radius 2 is 1.88 bits per heavy atom. The van der Waals surface area contributed by atoms with Crippen molar-refractivity contribution in [2.75, 3.05) is 7.11 Å². The monoisotopic (exact) mass is 351 g/mol. The predicted octanol–water partition coefficient (Wildman–Crippen LogP) is 4.05. The van der Waals surface area contributed by atoms with Crippen molar-refractivity contribution in [1.82, 2.24) is 4.98 Å². The second-order valence-electron chi connectivity index (χ2n) is 6.22. The molecule has 0 bridgehead atoms. The number of carbonyl (C=O) groups excluding carboxylic acids is 2. The van der Waals surface area contributed by atoms with Crippen molar-refractivity contribution in [2.24, 2.45) is 0 Å². The molecule has 2 aromatic carbocycles. The van der Waals surface area contributed by atoms with E-state index in [0.29, 0.717) is 17.7 Å². The Morgan fingerprint density at radius 1 is 1.12 bits per heavy atom. The van der Waals surface area contributed by atoms with E-state index in [1.165, 1.54) is 0 Å². The Morgan fingerprint density at radius 3 is 2.65 bits per heavy atom. The summed E-state index contributed by atoms with van der Waals surface area (Å²) in [5.74, 6) is -0.748. The maximum atomic E-state index is 12.9. The van der Waals surface area contributed by atoms with Gasteiger partial charge in [-0.1, -0.05) is 30.3 Å². The zero-order chi connectivity index (χ0) is 18.7. The summed E-state index contributed by atoms with van der Waals surface area (Å²) in [7, 11) is 1.59. The molecule has 1 heterocycles. The van der Waals surface area contributed by atoms with Gasteiger partial charge < -0.3 is 14.5 Å². The van der Waals surface area contributed by atoms with E-state index in [0.717, 1.165) is 22.2 Å². The lowest BCUT2D eigenvalue weighted by Crippen LogP contribution is -2.25. The first kappa shape index (κ1) is 17.9. The number of para-hydroxylation sites is 1. The highest BCUT2D eigenvalue weighted by atomic mass is 16.5. The number of aryl methyl sites for hydroxylation is 1. The molecule has 3 rings (SSSR count). The number of hydrogen-bond acceptors (Lipinski definition) is 4. The number of H-pyrrole nitrogens is 1. The van der Waals surface area contributed by atoms with Crippen LogP contribution in [0, 0.1) is 6.92 Å². The third kappa shape index (κ3) is 3.53. The number of esters is 1. The molecule has 1 atom stereocenters. The summed E-state index contributed by atoms with van der Waals surface area (Å²) >= 11 is 0. The van der Waals surface area contributed by atoms with Crippen LogP contribution in [0.25, 0.3) is 10.9 Å². The molecule has 134 valence electrons. The number of Topliss-reactive ketones (excluding diaryl/α,β-unsaturated/α-hetero) is 1. The number of nitrogens with one attached hydrogen (secondary N) is 1. The molecule has 0 saturated carbocycles. The number of aromatic amines is 1. The predicted molar refractivity (Wildman–Crippen MR) is 99.4 cm³/mol. The zero-order valence-corrected chi connectivity index (χ0v) is 15.0. The van der Waals surface area contributed by atoms with Gasteiger partial charge in [0.05, 0.1) is 12.2 Å². The highest BCUT2D eigenvalue weighted by Gasteiger charge is 2.24. The van der Waals surface area contributed by atoms with Crippen molar-refractivity contribution >= 4 is 22.7 Å². The average Bonchev–Trinajstić information content (AvgIpc) is 2.97. The number of methoxy groups -OCH3 is 1. The normalized spacial score (nSPS) is 12.1. The number of carbonyl (C=O) groups is 2. The lowest BCUT2D eigenvalue weighted by atomic mass is 10.0. The molecule has 0 saturated heterocycles. The van der Waals surface area contributed by atoms with Crippen LogP contribution in [0.4, 0.5) is 0 Å². The zero-order valence-electron chi connectivity index (χ0n) is 15.0. The number of hydrogen-bond donors (Lipinski definition) is 1. The van der Waals surface area contributed by atoms with Gasteiger partial charge in [0.15, 0.2) is 6.10 Å². The van der Waals surface area contributed by atoms with Gasteiger partial charge in [-0.3, -0.25) is 4.79 Å². The van der Waals surface area contributed by atoms with Gasteiger partial charge in [-0.25, -0.2) is 4.79 Å². The molecular weight excluding hydrogens is 330 g/mol. The Balaban J connectivity index is 1.79. The first-order valence-corrected chi connectivity index (χ1v) is 8.41. The third-order valence-electron chi connectivity index (χ3n) is 4.27. The third-order valence-corrected chi connectivity index (χ3v) is 4.27. The van der Waals surface area contributed by atoms with Crippen molar-refractivity contribution in [1.29, 1.82) is 0 Å². The first-order chi connectivity index (χ1) is 12.5. The molecule has 5 heteroatoms. The summed E-state index contributed by atoms with van der Waals surface area (Å²) in [6.07, 6.45) is -0.883. The summed E-state index contributed by atoms with van der Waals surface area (Å²) in [5.41, 5.74) is 3.48. The molecule has 5 nitrogen and oxygen atoms in total. The number of ether oxygens (including phenoxy) is 2. The molecule has 0 amide bonds. The Hall–Kier alpha value is -2.92. The minimum absolute atomic E-state index is 0.221. The van der Waals surface area contributed by atoms with Gasteiger partial charge in [-0.15, -0.1) is 0 Å². The van der Waals surface area contributed by atoms with Crippen LogP contribution >= 0.6 is 0 Å². The lowest BCUT2D eigenvalue weighted by Gasteiger charge is -2.13. The van der Waals surface area contributed by atoms with E-state index in [-0.39, 0.29) is 5.78 Å². The minimum atomic E-state index is -0.883. The van der Waals surface area contributed by atoms with Crippen molar-refractivity contribution in [3.05, 3.63) is 70.9 Å². The fourth-order valence-corrected chi connectivity index (χ4v) is 3.03. The molecular formula is C21H21NO4. The average molecular weight is 351 g/mol.